The summed E-state index contributed by atoms with van der Waals surface area (Å²) in [4.78, 5) is 16.7. The molecule has 1 heterocycles. The maximum Gasteiger partial charge on any atom is 0.242 e. The number of ether oxygens (including phenoxy) is 1. The lowest BCUT2D eigenvalue weighted by Gasteiger charge is -2.31. The average molecular weight is 308 g/mol. The molecule has 6 heteroatoms. The minimum atomic E-state index is -0.712. The third kappa shape index (κ3) is 5.95. The molecular formula is C14H30ClN3O2. The zero-order valence-corrected chi connectivity index (χ0v) is 13.9. The third-order valence-corrected chi connectivity index (χ3v) is 3.75. The maximum atomic E-state index is 12.4. The quantitative estimate of drug-likeness (QED) is 0.798. The number of carbonyl (C=O) groups excluding carboxylic acids is 1. The lowest BCUT2D eigenvalue weighted by molar-refractivity contribution is -0.136. The van der Waals surface area contributed by atoms with E-state index in [4.69, 9.17) is 10.5 Å². The molecule has 2 N–H and O–H groups in total. The fraction of sp³-hybridized carbons (Fsp3) is 0.929. The summed E-state index contributed by atoms with van der Waals surface area (Å²) in [6.45, 7) is 9.14. The SMILES string of the molecule is CCCC(C)(N)C(=O)N1CCCN(CCOC)CC1.Cl. The molecule has 0 aromatic carbocycles. The van der Waals surface area contributed by atoms with Gasteiger partial charge in [-0.2, -0.15) is 0 Å². The molecule has 1 saturated heterocycles. The van der Waals surface area contributed by atoms with E-state index in [1.807, 2.05) is 11.8 Å². The summed E-state index contributed by atoms with van der Waals surface area (Å²) in [6, 6.07) is 0. The first-order valence-corrected chi connectivity index (χ1v) is 7.31. The highest BCUT2D eigenvalue weighted by molar-refractivity contribution is 5.86. The first kappa shape index (κ1) is 19.6. The van der Waals surface area contributed by atoms with Gasteiger partial charge in [0.2, 0.25) is 5.91 Å². The molecule has 0 radical (unpaired) electrons. The van der Waals surface area contributed by atoms with Crippen molar-refractivity contribution in [3.05, 3.63) is 0 Å². The van der Waals surface area contributed by atoms with Gasteiger partial charge in [-0.3, -0.25) is 9.69 Å². The molecule has 0 aliphatic carbocycles. The van der Waals surface area contributed by atoms with Gasteiger partial charge < -0.3 is 15.4 Å². The van der Waals surface area contributed by atoms with Gasteiger partial charge in [0.05, 0.1) is 12.1 Å². The number of carbonyl (C=O) groups is 1. The average Bonchev–Trinajstić information content (AvgIpc) is 2.60. The number of nitrogens with zero attached hydrogens (tertiary/aromatic N) is 2. The Bertz CT molecular complexity index is 288. The second-order valence-electron chi connectivity index (χ2n) is 5.65. The lowest BCUT2D eigenvalue weighted by Crippen LogP contribution is -2.54. The molecule has 1 atom stereocenters. The van der Waals surface area contributed by atoms with Gasteiger partial charge in [0.15, 0.2) is 0 Å². The Morgan fingerprint density at radius 2 is 2.00 bits per heavy atom. The Hall–Kier alpha value is -0.360. The molecule has 1 amide bonds. The summed E-state index contributed by atoms with van der Waals surface area (Å²) < 4.78 is 5.10. The van der Waals surface area contributed by atoms with Crippen LogP contribution in [0.5, 0.6) is 0 Å². The molecule has 0 saturated carbocycles. The molecule has 1 aliphatic rings. The standard InChI is InChI=1S/C14H29N3O2.ClH/c1-4-6-14(2,15)13(18)17-8-5-7-16(9-10-17)11-12-19-3;/h4-12,15H2,1-3H3;1H. The Morgan fingerprint density at radius 3 is 2.60 bits per heavy atom. The summed E-state index contributed by atoms with van der Waals surface area (Å²) in [5.74, 6) is 0.0999. The molecule has 1 fully saturated rings. The van der Waals surface area contributed by atoms with E-state index >= 15 is 0 Å². The highest BCUT2D eigenvalue weighted by Gasteiger charge is 2.32. The number of halogens is 1. The zero-order valence-electron chi connectivity index (χ0n) is 13.1. The van der Waals surface area contributed by atoms with Crippen LogP contribution in [0.2, 0.25) is 0 Å². The van der Waals surface area contributed by atoms with Gasteiger partial charge in [0, 0.05) is 33.3 Å². The van der Waals surface area contributed by atoms with E-state index in [2.05, 4.69) is 11.8 Å². The number of rotatable bonds is 6. The normalized spacial score (nSPS) is 19.9. The number of hydrogen-bond donors (Lipinski definition) is 1. The van der Waals surface area contributed by atoms with Gasteiger partial charge in [0.25, 0.3) is 0 Å². The highest BCUT2D eigenvalue weighted by Crippen LogP contribution is 2.14. The highest BCUT2D eigenvalue weighted by atomic mass is 35.5. The number of nitrogens with two attached hydrogens (primary N) is 1. The van der Waals surface area contributed by atoms with Crippen molar-refractivity contribution in [2.24, 2.45) is 5.73 Å². The molecule has 0 aromatic rings. The first-order valence-electron chi connectivity index (χ1n) is 7.31. The Kier molecular flexibility index (Phi) is 9.38. The van der Waals surface area contributed by atoms with Crippen LogP contribution in [-0.4, -0.2) is 67.7 Å². The minimum Gasteiger partial charge on any atom is -0.383 e. The summed E-state index contributed by atoms with van der Waals surface area (Å²) in [5, 5.41) is 0. The van der Waals surface area contributed by atoms with Crippen molar-refractivity contribution in [1.29, 1.82) is 0 Å². The van der Waals surface area contributed by atoms with Gasteiger partial charge >= 0.3 is 0 Å². The van der Waals surface area contributed by atoms with Crippen LogP contribution in [0, 0.1) is 0 Å². The smallest absolute Gasteiger partial charge is 0.242 e. The van der Waals surface area contributed by atoms with Crippen LogP contribution in [0.3, 0.4) is 0 Å². The lowest BCUT2D eigenvalue weighted by atomic mass is 9.95. The number of hydrogen-bond acceptors (Lipinski definition) is 4. The number of amides is 1. The van der Waals surface area contributed by atoms with Crippen LogP contribution in [0.25, 0.3) is 0 Å². The summed E-state index contributed by atoms with van der Waals surface area (Å²) >= 11 is 0. The fourth-order valence-corrected chi connectivity index (χ4v) is 2.61. The van der Waals surface area contributed by atoms with Crippen molar-refractivity contribution in [3.63, 3.8) is 0 Å². The Labute approximate surface area is 129 Å². The van der Waals surface area contributed by atoms with Crippen LogP contribution >= 0.6 is 12.4 Å². The molecule has 1 rings (SSSR count). The van der Waals surface area contributed by atoms with Gasteiger partial charge in [-0.05, 0) is 26.3 Å². The van der Waals surface area contributed by atoms with Crippen LogP contribution in [0.4, 0.5) is 0 Å². The van der Waals surface area contributed by atoms with Crippen molar-refractivity contribution in [1.82, 2.24) is 9.80 Å². The van der Waals surface area contributed by atoms with Gasteiger partial charge in [-0.15, -0.1) is 12.4 Å². The van der Waals surface area contributed by atoms with Crippen LogP contribution in [-0.2, 0) is 9.53 Å². The summed E-state index contributed by atoms with van der Waals surface area (Å²) in [5.41, 5.74) is 5.43. The summed E-state index contributed by atoms with van der Waals surface area (Å²) in [7, 11) is 1.72. The van der Waals surface area contributed by atoms with E-state index in [0.29, 0.717) is 0 Å². The van der Waals surface area contributed by atoms with E-state index in [1.54, 1.807) is 7.11 Å². The maximum absolute atomic E-state index is 12.4. The Morgan fingerprint density at radius 1 is 1.30 bits per heavy atom. The van der Waals surface area contributed by atoms with Gasteiger partial charge in [0.1, 0.15) is 0 Å². The molecule has 5 nitrogen and oxygen atoms in total. The second-order valence-corrected chi connectivity index (χ2v) is 5.65. The van der Waals surface area contributed by atoms with Crippen LogP contribution in [0.1, 0.15) is 33.1 Å². The van der Waals surface area contributed by atoms with Crippen molar-refractivity contribution in [2.75, 3.05) is 46.4 Å². The predicted octanol–water partition coefficient (Wildman–Crippen LogP) is 1.11. The monoisotopic (exact) mass is 307 g/mol. The van der Waals surface area contributed by atoms with E-state index in [9.17, 15) is 4.79 Å². The molecule has 120 valence electrons. The van der Waals surface area contributed by atoms with E-state index < -0.39 is 5.54 Å². The van der Waals surface area contributed by atoms with E-state index in [0.717, 1.165) is 58.6 Å². The third-order valence-electron chi connectivity index (χ3n) is 3.75. The fourth-order valence-electron chi connectivity index (χ4n) is 2.61. The summed E-state index contributed by atoms with van der Waals surface area (Å²) in [6.07, 6.45) is 2.69. The van der Waals surface area contributed by atoms with Crippen LogP contribution in [0.15, 0.2) is 0 Å². The Balaban J connectivity index is 0.00000361. The zero-order chi connectivity index (χ0) is 14.3. The van der Waals surface area contributed by atoms with E-state index in [-0.39, 0.29) is 18.3 Å². The molecule has 1 aliphatic heterocycles. The van der Waals surface area contributed by atoms with Gasteiger partial charge in [-0.25, -0.2) is 0 Å². The molecule has 20 heavy (non-hydrogen) atoms. The van der Waals surface area contributed by atoms with E-state index in [1.165, 1.54) is 0 Å². The topological polar surface area (TPSA) is 58.8 Å². The largest absolute Gasteiger partial charge is 0.383 e. The van der Waals surface area contributed by atoms with Crippen molar-refractivity contribution in [3.8, 4) is 0 Å². The first-order chi connectivity index (χ1) is 9.01. The minimum absolute atomic E-state index is 0. The molecule has 0 aromatic heterocycles. The number of methoxy groups -OCH3 is 1. The second kappa shape index (κ2) is 9.55. The van der Waals surface area contributed by atoms with Crippen LogP contribution < -0.4 is 5.73 Å². The van der Waals surface area contributed by atoms with Crippen molar-refractivity contribution in [2.45, 2.75) is 38.6 Å². The predicted molar refractivity (Wildman–Crippen MR) is 84.3 cm³/mol. The molecule has 0 spiro atoms. The van der Waals surface area contributed by atoms with Crippen molar-refractivity contribution < 1.29 is 9.53 Å². The van der Waals surface area contributed by atoms with Gasteiger partial charge in [-0.1, -0.05) is 13.3 Å². The molecule has 0 bridgehead atoms. The molecular weight excluding hydrogens is 278 g/mol. The van der Waals surface area contributed by atoms with Crippen molar-refractivity contribution >= 4 is 18.3 Å². The molecule has 1 unspecified atom stereocenters.